The largest absolute Gasteiger partial charge is 0.396 e. The van der Waals surface area contributed by atoms with Crippen molar-refractivity contribution in [1.82, 2.24) is 5.32 Å². The van der Waals surface area contributed by atoms with Gasteiger partial charge >= 0.3 is 0 Å². The van der Waals surface area contributed by atoms with E-state index in [0.717, 1.165) is 25.7 Å². The van der Waals surface area contributed by atoms with Gasteiger partial charge in [0, 0.05) is 20.1 Å². The summed E-state index contributed by atoms with van der Waals surface area (Å²) in [5, 5.41) is 11.8. The Morgan fingerprint density at radius 3 is 2.24 bits per heavy atom. The third-order valence-corrected chi connectivity index (χ3v) is 2.61. The van der Waals surface area contributed by atoms with E-state index >= 15 is 0 Å². The highest BCUT2D eigenvalue weighted by Crippen LogP contribution is 2.17. The summed E-state index contributed by atoms with van der Waals surface area (Å²) in [7, 11) is 1.66. The Kier molecular flexibility index (Phi) is 14.9. The Bertz CT molecular complexity index is 170. The molecule has 17 heavy (non-hydrogen) atoms. The smallest absolute Gasteiger partial charge is 0.219 e. The molecule has 104 valence electrons. The van der Waals surface area contributed by atoms with Crippen LogP contribution in [0.3, 0.4) is 0 Å². The third kappa shape index (κ3) is 13.4. The second kappa shape index (κ2) is 13.5. The van der Waals surface area contributed by atoms with Gasteiger partial charge in [0.25, 0.3) is 0 Å². The highest BCUT2D eigenvalue weighted by Gasteiger charge is 2.09. The van der Waals surface area contributed by atoms with Gasteiger partial charge < -0.3 is 10.4 Å². The summed E-state index contributed by atoms with van der Waals surface area (Å²) in [6.45, 7) is 8.62. The van der Waals surface area contributed by atoms with Crippen LogP contribution in [0.25, 0.3) is 0 Å². The van der Waals surface area contributed by atoms with Gasteiger partial charge in [-0.2, -0.15) is 0 Å². The van der Waals surface area contributed by atoms with Gasteiger partial charge in [-0.05, 0) is 31.1 Å². The normalized spacial score (nSPS) is 11.7. The number of nitrogens with one attached hydrogen (secondary N) is 1. The molecule has 0 aliphatic heterocycles. The first-order valence-electron chi connectivity index (χ1n) is 6.91. The molecule has 0 rings (SSSR count). The number of carbonyl (C=O) groups is 1. The number of amides is 1. The molecule has 1 unspecified atom stereocenters. The minimum absolute atomic E-state index is 0.111. The van der Waals surface area contributed by atoms with Crippen molar-refractivity contribution in [2.24, 2.45) is 11.8 Å². The lowest BCUT2D eigenvalue weighted by Crippen LogP contribution is -2.17. The highest BCUT2D eigenvalue weighted by atomic mass is 16.3. The van der Waals surface area contributed by atoms with Gasteiger partial charge in [0.1, 0.15) is 0 Å². The number of aliphatic hydroxyl groups is 1. The molecule has 1 amide bonds. The molecule has 0 radical (unpaired) electrons. The average molecular weight is 245 g/mol. The van der Waals surface area contributed by atoms with E-state index in [0.29, 0.717) is 18.3 Å². The van der Waals surface area contributed by atoms with Crippen LogP contribution in [0.1, 0.15) is 59.8 Å². The van der Waals surface area contributed by atoms with Crippen LogP contribution in [-0.2, 0) is 4.79 Å². The Morgan fingerprint density at radius 1 is 1.24 bits per heavy atom. The van der Waals surface area contributed by atoms with Crippen molar-refractivity contribution in [1.29, 1.82) is 0 Å². The fourth-order valence-corrected chi connectivity index (χ4v) is 1.79. The highest BCUT2D eigenvalue weighted by molar-refractivity contribution is 5.75. The number of hydrogen-bond donors (Lipinski definition) is 2. The summed E-state index contributed by atoms with van der Waals surface area (Å²) >= 11 is 0. The van der Waals surface area contributed by atoms with E-state index in [-0.39, 0.29) is 12.5 Å². The first-order chi connectivity index (χ1) is 8.10. The molecule has 0 aromatic heterocycles. The third-order valence-electron chi connectivity index (χ3n) is 2.61. The van der Waals surface area contributed by atoms with E-state index in [9.17, 15) is 4.79 Å². The van der Waals surface area contributed by atoms with Gasteiger partial charge in [-0.3, -0.25) is 4.79 Å². The van der Waals surface area contributed by atoms with Crippen LogP contribution in [0.2, 0.25) is 0 Å². The fraction of sp³-hybridized carbons (Fsp3) is 0.929. The lowest BCUT2D eigenvalue weighted by atomic mass is 9.93. The number of carbonyl (C=O) groups excluding carboxylic acids is 1. The van der Waals surface area contributed by atoms with Crippen molar-refractivity contribution < 1.29 is 9.90 Å². The number of hydrogen-bond acceptors (Lipinski definition) is 2. The van der Waals surface area contributed by atoms with Gasteiger partial charge in [-0.25, -0.2) is 0 Å². The molecule has 0 aliphatic rings. The molecule has 0 aromatic rings. The summed E-state index contributed by atoms with van der Waals surface area (Å²) in [6, 6.07) is 0. The summed E-state index contributed by atoms with van der Waals surface area (Å²) in [4.78, 5) is 10.9. The van der Waals surface area contributed by atoms with Gasteiger partial charge in [0.15, 0.2) is 0 Å². The zero-order valence-electron chi connectivity index (χ0n) is 12.3. The molecule has 0 saturated carbocycles. The molecule has 0 spiro atoms. The van der Waals surface area contributed by atoms with E-state index in [1.54, 1.807) is 7.05 Å². The van der Waals surface area contributed by atoms with E-state index in [2.05, 4.69) is 19.2 Å². The first-order valence-corrected chi connectivity index (χ1v) is 6.91. The Morgan fingerprint density at radius 2 is 1.82 bits per heavy atom. The second-order valence-corrected chi connectivity index (χ2v) is 4.60. The van der Waals surface area contributed by atoms with Crippen molar-refractivity contribution in [3.8, 4) is 0 Å². The van der Waals surface area contributed by atoms with Gasteiger partial charge in [-0.15, -0.1) is 0 Å². The van der Waals surface area contributed by atoms with Crippen molar-refractivity contribution in [2.75, 3.05) is 13.7 Å². The van der Waals surface area contributed by atoms with Crippen LogP contribution in [0, 0.1) is 11.8 Å². The Balaban J connectivity index is 0. The SMILES string of the molecule is CC.CNC(=O)CCCCC(CO)CC(C)C. The number of unbranched alkanes of at least 4 members (excludes halogenated alkanes) is 1. The summed E-state index contributed by atoms with van der Waals surface area (Å²) in [5.74, 6) is 1.16. The second-order valence-electron chi connectivity index (χ2n) is 4.60. The molecular weight excluding hydrogens is 214 g/mol. The molecule has 2 N–H and O–H groups in total. The predicted octanol–water partition coefficient (Wildman–Crippen LogP) is 2.97. The number of aliphatic hydroxyl groups excluding tert-OH is 1. The zero-order valence-corrected chi connectivity index (χ0v) is 12.3. The van der Waals surface area contributed by atoms with Crippen molar-refractivity contribution in [3.05, 3.63) is 0 Å². The quantitative estimate of drug-likeness (QED) is 0.646. The van der Waals surface area contributed by atoms with Crippen molar-refractivity contribution in [3.63, 3.8) is 0 Å². The zero-order chi connectivity index (χ0) is 13.7. The molecule has 0 fully saturated rings. The van der Waals surface area contributed by atoms with E-state index in [1.165, 1.54) is 0 Å². The molecule has 0 aliphatic carbocycles. The predicted molar refractivity (Wildman–Crippen MR) is 73.9 cm³/mol. The lowest BCUT2D eigenvalue weighted by Gasteiger charge is -2.15. The molecular formula is C14H31NO2. The van der Waals surface area contributed by atoms with Crippen LogP contribution in [0.5, 0.6) is 0 Å². The van der Waals surface area contributed by atoms with Gasteiger partial charge in [0.2, 0.25) is 5.91 Å². The standard InChI is InChI=1S/C12H25NO2.C2H6/c1-10(2)8-11(9-14)6-4-5-7-12(15)13-3;1-2/h10-11,14H,4-9H2,1-3H3,(H,13,15);1-2H3. The summed E-state index contributed by atoms with van der Waals surface area (Å²) < 4.78 is 0. The molecule has 0 saturated heterocycles. The van der Waals surface area contributed by atoms with Crippen LogP contribution < -0.4 is 5.32 Å². The maximum absolute atomic E-state index is 10.9. The maximum Gasteiger partial charge on any atom is 0.219 e. The van der Waals surface area contributed by atoms with Crippen molar-refractivity contribution in [2.45, 2.75) is 59.8 Å². The molecule has 1 atom stereocenters. The Hall–Kier alpha value is -0.570. The van der Waals surface area contributed by atoms with E-state index in [4.69, 9.17) is 5.11 Å². The minimum Gasteiger partial charge on any atom is -0.396 e. The minimum atomic E-state index is 0.111. The van der Waals surface area contributed by atoms with Crippen LogP contribution in [0.15, 0.2) is 0 Å². The van der Waals surface area contributed by atoms with E-state index < -0.39 is 0 Å². The fourth-order valence-electron chi connectivity index (χ4n) is 1.79. The molecule has 0 bridgehead atoms. The van der Waals surface area contributed by atoms with Gasteiger partial charge in [-0.1, -0.05) is 34.1 Å². The van der Waals surface area contributed by atoms with Gasteiger partial charge in [0.05, 0.1) is 0 Å². The van der Waals surface area contributed by atoms with Crippen LogP contribution >= 0.6 is 0 Å². The molecule has 3 nitrogen and oxygen atoms in total. The number of rotatable bonds is 8. The van der Waals surface area contributed by atoms with Crippen LogP contribution in [0.4, 0.5) is 0 Å². The first kappa shape index (κ1) is 18.8. The molecule has 3 heteroatoms. The summed E-state index contributed by atoms with van der Waals surface area (Å²) in [6.07, 6.45) is 4.68. The van der Waals surface area contributed by atoms with Crippen LogP contribution in [-0.4, -0.2) is 24.7 Å². The Labute approximate surface area is 107 Å². The maximum atomic E-state index is 10.9. The molecule has 0 heterocycles. The van der Waals surface area contributed by atoms with E-state index in [1.807, 2.05) is 13.8 Å². The van der Waals surface area contributed by atoms with Crippen molar-refractivity contribution >= 4 is 5.91 Å². The molecule has 0 aromatic carbocycles. The monoisotopic (exact) mass is 245 g/mol. The average Bonchev–Trinajstić information content (AvgIpc) is 2.34. The summed E-state index contributed by atoms with van der Waals surface area (Å²) in [5.41, 5.74) is 0. The lowest BCUT2D eigenvalue weighted by molar-refractivity contribution is -0.120. The topological polar surface area (TPSA) is 49.3 Å².